The Morgan fingerprint density at radius 2 is 2.42 bits per heavy atom. The minimum atomic E-state index is 0.392. The van der Waals surface area contributed by atoms with Crippen molar-refractivity contribution in [2.75, 3.05) is 26.0 Å². The monoisotopic (exact) mass is 261 g/mol. The SMILES string of the molecule is COCC1CC(c2nc(C)c3c(N)nccn23)CN1. The molecule has 1 fully saturated rings. The Labute approximate surface area is 112 Å². The summed E-state index contributed by atoms with van der Waals surface area (Å²) in [6, 6.07) is 0.404. The van der Waals surface area contributed by atoms with Crippen molar-refractivity contribution in [3.05, 3.63) is 23.9 Å². The Bertz CT molecular complexity index is 594. The fourth-order valence-electron chi connectivity index (χ4n) is 2.90. The minimum absolute atomic E-state index is 0.392. The van der Waals surface area contributed by atoms with Gasteiger partial charge in [0.2, 0.25) is 0 Å². The zero-order chi connectivity index (χ0) is 13.4. The van der Waals surface area contributed by atoms with E-state index in [1.807, 2.05) is 13.1 Å². The number of hydrogen-bond donors (Lipinski definition) is 2. The van der Waals surface area contributed by atoms with Crippen LogP contribution in [0.4, 0.5) is 5.82 Å². The van der Waals surface area contributed by atoms with Gasteiger partial charge in [0.25, 0.3) is 0 Å². The van der Waals surface area contributed by atoms with Crippen LogP contribution in [0.15, 0.2) is 12.4 Å². The summed E-state index contributed by atoms with van der Waals surface area (Å²) in [5.41, 5.74) is 7.80. The first-order valence-corrected chi connectivity index (χ1v) is 6.52. The first-order chi connectivity index (χ1) is 9.20. The van der Waals surface area contributed by atoms with Crippen molar-refractivity contribution in [1.29, 1.82) is 0 Å². The summed E-state index contributed by atoms with van der Waals surface area (Å²) < 4.78 is 7.27. The molecule has 6 nitrogen and oxygen atoms in total. The van der Waals surface area contributed by atoms with Gasteiger partial charge in [0.15, 0.2) is 0 Å². The number of nitrogens with two attached hydrogens (primary N) is 1. The zero-order valence-electron chi connectivity index (χ0n) is 11.3. The number of nitrogens with zero attached hydrogens (tertiary/aromatic N) is 3. The van der Waals surface area contributed by atoms with E-state index in [9.17, 15) is 0 Å². The van der Waals surface area contributed by atoms with Gasteiger partial charge in [0.1, 0.15) is 17.2 Å². The number of fused-ring (bicyclic) bond motifs is 1. The molecule has 0 radical (unpaired) electrons. The summed E-state index contributed by atoms with van der Waals surface area (Å²) in [4.78, 5) is 8.82. The van der Waals surface area contributed by atoms with Crippen LogP contribution in [0.2, 0.25) is 0 Å². The Morgan fingerprint density at radius 1 is 1.58 bits per heavy atom. The maximum atomic E-state index is 5.94. The van der Waals surface area contributed by atoms with E-state index >= 15 is 0 Å². The van der Waals surface area contributed by atoms with Gasteiger partial charge >= 0.3 is 0 Å². The van der Waals surface area contributed by atoms with Crippen LogP contribution in [-0.4, -0.2) is 40.7 Å². The van der Waals surface area contributed by atoms with E-state index in [2.05, 4.69) is 19.7 Å². The Morgan fingerprint density at radius 3 is 3.21 bits per heavy atom. The average Bonchev–Trinajstić information content (AvgIpc) is 2.96. The fraction of sp³-hybridized carbons (Fsp3) is 0.538. The van der Waals surface area contributed by atoms with E-state index in [-0.39, 0.29) is 0 Å². The van der Waals surface area contributed by atoms with Gasteiger partial charge < -0.3 is 15.8 Å². The molecule has 1 aliphatic heterocycles. The highest BCUT2D eigenvalue weighted by molar-refractivity contribution is 5.68. The maximum Gasteiger partial charge on any atom is 0.149 e. The number of aryl methyl sites for hydroxylation is 1. The third-order valence-electron chi connectivity index (χ3n) is 3.74. The summed E-state index contributed by atoms with van der Waals surface area (Å²) in [6.07, 6.45) is 4.70. The van der Waals surface area contributed by atoms with Gasteiger partial charge in [-0.15, -0.1) is 0 Å². The number of methoxy groups -OCH3 is 1. The first kappa shape index (κ1) is 12.4. The number of hydrogen-bond acceptors (Lipinski definition) is 5. The highest BCUT2D eigenvalue weighted by Crippen LogP contribution is 2.28. The molecule has 3 heterocycles. The smallest absolute Gasteiger partial charge is 0.149 e. The van der Waals surface area contributed by atoms with Crippen LogP contribution in [0, 0.1) is 6.92 Å². The molecule has 2 atom stereocenters. The topological polar surface area (TPSA) is 77.5 Å². The molecule has 2 aromatic heterocycles. The Hall–Kier alpha value is -1.66. The summed E-state index contributed by atoms with van der Waals surface area (Å²) >= 11 is 0. The van der Waals surface area contributed by atoms with E-state index < -0.39 is 0 Å². The van der Waals surface area contributed by atoms with Crippen LogP contribution in [0.25, 0.3) is 5.52 Å². The molecule has 1 saturated heterocycles. The number of rotatable bonds is 3. The van der Waals surface area contributed by atoms with Crippen molar-refractivity contribution < 1.29 is 4.74 Å². The Balaban J connectivity index is 1.96. The normalized spacial score (nSPS) is 23.3. The van der Waals surface area contributed by atoms with Gasteiger partial charge in [0, 0.05) is 38.0 Å². The summed E-state index contributed by atoms with van der Waals surface area (Å²) in [7, 11) is 1.73. The molecule has 3 N–H and O–H groups in total. The highest BCUT2D eigenvalue weighted by Gasteiger charge is 2.29. The molecule has 0 amide bonds. The van der Waals surface area contributed by atoms with Gasteiger partial charge in [0.05, 0.1) is 12.3 Å². The van der Waals surface area contributed by atoms with Crippen molar-refractivity contribution in [2.45, 2.75) is 25.3 Å². The molecule has 6 heteroatoms. The zero-order valence-corrected chi connectivity index (χ0v) is 11.3. The molecule has 0 aromatic carbocycles. The molecule has 0 aliphatic carbocycles. The van der Waals surface area contributed by atoms with Gasteiger partial charge in [-0.3, -0.25) is 4.40 Å². The summed E-state index contributed by atoms with van der Waals surface area (Å²) in [6.45, 7) is 3.64. The third kappa shape index (κ3) is 2.06. The van der Waals surface area contributed by atoms with Crippen LogP contribution < -0.4 is 11.1 Å². The molecule has 0 spiro atoms. The lowest BCUT2D eigenvalue weighted by Crippen LogP contribution is -2.25. The maximum absolute atomic E-state index is 5.94. The number of ether oxygens (including phenoxy) is 1. The van der Waals surface area contributed by atoms with Crippen LogP contribution in [0.3, 0.4) is 0 Å². The van der Waals surface area contributed by atoms with Gasteiger partial charge in [-0.2, -0.15) is 0 Å². The lowest BCUT2D eigenvalue weighted by Gasteiger charge is -2.09. The molecule has 3 rings (SSSR count). The van der Waals surface area contributed by atoms with E-state index in [0.29, 0.717) is 17.8 Å². The van der Waals surface area contributed by atoms with Crippen LogP contribution in [0.5, 0.6) is 0 Å². The van der Waals surface area contributed by atoms with E-state index in [4.69, 9.17) is 10.5 Å². The number of aromatic nitrogens is 3. The first-order valence-electron chi connectivity index (χ1n) is 6.52. The molecule has 0 bridgehead atoms. The fourth-order valence-corrected chi connectivity index (χ4v) is 2.90. The van der Waals surface area contributed by atoms with Crippen molar-refractivity contribution >= 4 is 11.3 Å². The molecule has 1 aliphatic rings. The van der Waals surface area contributed by atoms with Crippen LogP contribution in [-0.2, 0) is 4.74 Å². The number of nitrogen functional groups attached to an aromatic ring is 1. The molecule has 2 aromatic rings. The van der Waals surface area contributed by atoms with Gasteiger partial charge in [-0.05, 0) is 13.3 Å². The number of imidazole rings is 1. The standard InChI is InChI=1S/C13H19N5O/c1-8-11-12(14)15-3-4-18(11)13(17-8)9-5-10(7-19-2)16-6-9/h3-4,9-10,16H,5-7H2,1-2H3,(H2,14,15). The van der Waals surface area contributed by atoms with Gasteiger partial charge in [-0.25, -0.2) is 9.97 Å². The van der Waals surface area contributed by atoms with Crippen molar-refractivity contribution in [2.24, 2.45) is 0 Å². The van der Waals surface area contributed by atoms with Crippen LogP contribution in [0.1, 0.15) is 23.9 Å². The Kier molecular flexibility index (Phi) is 3.12. The van der Waals surface area contributed by atoms with E-state index in [1.165, 1.54) is 0 Å². The second-order valence-corrected chi connectivity index (χ2v) is 5.08. The second kappa shape index (κ2) is 4.79. The molecule has 102 valence electrons. The lowest BCUT2D eigenvalue weighted by atomic mass is 10.1. The van der Waals surface area contributed by atoms with E-state index in [1.54, 1.807) is 13.3 Å². The van der Waals surface area contributed by atoms with E-state index in [0.717, 1.165) is 36.6 Å². The van der Waals surface area contributed by atoms with Crippen molar-refractivity contribution in [1.82, 2.24) is 19.7 Å². The quantitative estimate of drug-likeness (QED) is 0.851. The largest absolute Gasteiger partial charge is 0.383 e. The summed E-state index contributed by atoms with van der Waals surface area (Å²) in [5.74, 6) is 1.99. The third-order valence-corrected chi connectivity index (χ3v) is 3.74. The number of nitrogens with one attached hydrogen (secondary N) is 1. The molecule has 19 heavy (non-hydrogen) atoms. The minimum Gasteiger partial charge on any atom is -0.383 e. The van der Waals surface area contributed by atoms with Gasteiger partial charge in [-0.1, -0.05) is 0 Å². The van der Waals surface area contributed by atoms with Crippen LogP contribution >= 0.6 is 0 Å². The molecular formula is C13H19N5O. The molecular weight excluding hydrogens is 242 g/mol. The second-order valence-electron chi connectivity index (χ2n) is 5.08. The van der Waals surface area contributed by atoms with Crippen molar-refractivity contribution in [3.8, 4) is 0 Å². The van der Waals surface area contributed by atoms with Crippen molar-refractivity contribution in [3.63, 3.8) is 0 Å². The lowest BCUT2D eigenvalue weighted by molar-refractivity contribution is 0.173. The highest BCUT2D eigenvalue weighted by atomic mass is 16.5. The average molecular weight is 261 g/mol. The number of anilines is 1. The molecule has 0 saturated carbocycles. The predicted octanol–water partition coefficient (Wildman–Crippen LogP) is 0.712. The predicted molar refractivity (Wildman–Crippen MR) is 73.2 cm³/mol. The summed E-state index contributed by atoms with van der Waals surface area (Å²) in [5, 5.41) is 3.47. The molecule has 2 unspecified atom stereocenters.